The molecule has 0 aliphatic carbocycles. The fourth-order valence-electron chi connectivity index (χ4n) is 3.21. The van der Waals surface area contributed by atoms with Gasteiger partial charge in [0.25, 0.3) is 0 Å². The molecule has 0 aromatic carbocycles. The summed E-state index contributed by atoms with van der Waals surface area (Å²) in [4.78, 5) is 34.3. The number of carboxylic acids is 2. The number of hydrogen-bond acceptors (Lipinski definition) is 9. The van der Waals surface area contributed by atoms with Gasteiger partial charge in [0.05, 0.1) is 17.8 Å². The van der Waals surface area contributed by atoms with E-state index in [1.54, 1.807) is 11.8 Å². The lowest BCUT2D eigenvalue weighted by molar-refractivity contribution is -0.159. The topological polar surface area (TPSA) is 133 Å². The summed E-state index contributed by atoms with van der Waals surface area (Å²) in [6.07, 6.45) is 4.11. The lowest BCUT2D eigenvalue weighted by Crippen LogP contribution is -2.37. The molecule has 1 fully saturated rings. The molecule has 0 saturated carbocycles. The molecule has 1 saturated heterocycles. The van der Waals surface area contributed by atoms with E-state index in [0.717, 1.165) is 48.9 Å². The van der Waals surface area contributed by atoms with E-state index in [4.69, 9.17) is 24.5 Å². The van der Waals surface area contributed by atoms with Gasteiger partial charge in [-0.15, -0.1) is 11.8 Å². The molecule has 1 amide bonds. The number of likely N-dealkylation sites (N-methyl/N-ethyl adjacent to an activating group) is 1. The lowest BCUT2D eigenvalue weighted by atomic mass is 10.0. The number of thioether (sulfide) groups is 1. The van der Waals surface area contributed by atoms with Crippen LogP contribution in [0.25, 0.3) is 5.57 Å². The maximum Gasteiger partial charge on any atom is 0.414 e. The lowest BCUT2D eigenvalue weighted by Gasteiger charge is -2.24. The van der Waals surface area contributed by atoms with Gasteiger partial charge in [0.1, 0.15) is 17.3 Å². The zero-order chi connectivity index (χ0) is 23.0. The third-order valence-corrected chi connectivity index (χ3v) is 6.55. The van der Waals surface area contributed by atoms with Crippen LogP contribution in [-0.2, 0) is 14.3 Å². The first-order chi connectivity index (χ1) is 14.7. The van der Waals surface area contributed by atoms with E-state index in [1.165, 1.54) is 17.3 Å². The molecule has 3 heterocycles. The Morgan fingerprint density at radius 2 is 2.03 bits per heavy atom. The van der Waals surface area contributed by atoms with Crippen molar-refractivity contribution in [2.75, 3.05) is 39.0 Å². The first kappa shape index (κ1) is 25.1. The van der Waals surface area contributed by atoms with E-state index in [0.29, 0.717) is 12.5 Å². The van der Waals surface area contributed by atoms with Crippen molar-refractivity contribution in [2.45, 2.75) is 37.8 Å². The average molecular weight is 473 g/mol. The highest BCUT2D eigenvalue weighted by atomic mass is 32.2. The summed E-state index contributed by atoms with van der Waals surface area (Å²) in [5.74, 6) is -2.30. The van der Waals surface area contributed by atoms with Crippen molar-refractivity contribution in [3.05, 3.63) is 11.8 Å². The number of carboxylic acid groups (broad SMARTS) is 2. The number of hydrogen-bond donors (Lipinski definition) is 2. The fraction of sp³-hybridized carbons (Fsp3) is 0.632. The van der Waals surface area contributed by atoms with Crippen molar-refractivity contribution < 1.29 is 29.3 Å². The van der Waals surface area contributed by atoms with Gasteiger partial charge in [0.15, 0.2) is 0 Å². The van der Waals surface area contributed by atoms with Crippen LogP contribution < -0.4 is 0 Å². The minimum atomic E-state index is -1.82. The van der Waals surface area contributed by atoms with Crippen molar-refractivity contribution >= 4 is 47.1 Å². The van der Waals surface area contributed by atoms with Gasteiger partial charge in [-0.3, -0.25) is 0 Å². The van der Waals surface area contributed by atoms with E-state index in [1.807, 2.05) is 4.90 Å². The predicted molar refractivity (Wildman–Crippen MR) is 117 cm³/mol. The second-order valence-corrected chi connectivity index (χ2v) is 9.18. The fourth-order valence-corrected chi connectivity index (χ4v) is 4.85. The summed E-state index contributed by atoms with van der Waals surface area (Å²) in [7, 11) is 2.14. The molecule has 2 aliphatic rings. The molecule has 0 bridgehead atoms. The SMILES string of the molecule is CC(C)[C@H]1COC(=O)N1CCCSc1nsnc1C1=CCCN(C)C1.O=C(O)C(=O)O. The molecule has 2 N–H and O–H groups in total. The molecule has 0 unspecified atom stereocenters. The highest BCUT2D eigenvalue weighted by Crippen LogP contribution is 2.29. The average Bonchev–Trinajstić information content (AvgIpc) is 3.32. The summed E-state index contributed by atoms with van der Waals surface area (Å²) < 4.78 is 14.2. The summed E-state index contributed by atoms with van der Waals surface area (Å²) >= 11 is 3.03. The molecular formula is C19H28N4O6S2. The Balaban J connectivity index is 0.000000501. The van der Waals surface area contributed by atoms with Crippen molar-refractivity contribution in [3.63, 3.8) is 0 Å². The van der Waals surface area contributed by atoms with Crippen LogP contribution in [0.1, 0.15) is 32.4 Å². The molecule has 0 radical (unpaired) electrons. The quantitative estimate of drug-likeness (QED) is 0.346. The molecule has 10 nitrogen and oxygen atoms in total. The summed E-state index contributed by atoms with van der Waals surface area (Å²) in [5.41, 5.74) is 2.33. The Morgan fingerprint density at radius 1 is 1.32 bits per heavy atom. The van der Waals surface area contributed by atoms with Crippen LogP contribution in [0.15, 0.2) is 11.1 Å². The number of nitrogens with zero attached hydrogens (tertiary/aromatic N) is 4. The smallest absolute Gasteiger partial charge is 0.414 e. The highest BCUT2D eigenvalue weighted by molar-refractivity contribution is 7.99. The monoisotopic (exact) mass is 472 g/mol. The van der Waals surface area contributed by atoms with Gasteiger partial charge in [0, 0.05) is 25.4 Å². The third kappa shape index (κ3) is 7.47. The van der Waals surface area contributed by atoms with Crippen LogP contribution >= 0.6 is 23.5 Å². The molecule has 31 heavy (non-hydrogen) atoms. The van der Waals surface area contributed by atoms with Gasteiger partial charge >= 0.3 is 18.0 Å². The van der Waals surface area contributed by atoms with E-state index < -0.39 is 11.9 Å². The number of aliphatic carboxylic acids is 2. The van der Waals surface area contributed by atoms with Gasteiger partial charge in [0.2, 0.25) is 0 Å². The van der Waals surface area contributed by atoms with E-state index in [9.17, 15) is 4.79 Å². The Kier molecular flexibility index (Phi) is 9.72. The van der Waals surface area contributed by atoms with Crippen molar-refractivity contribution in [2.24, 2.45) is 5.92 Å². The molecule has 0 spiro atoms. The number of carbonyl (C=O) groups is 3. The number of rotatable bonds is 7. The van der Waals surface area contributed by atoms with Gasteiger partial charge in [-0.05, 0) is 31.4 Å². The van der Waals surface area contributed by atoms with Crippen LogP contribution in [-0.4, -0.2) is 91.9 Å². The Bertz CT molecular complexity index is 801. The number of cyclic esters (lactones) is 1. The maximum atomic E-state index is 11.9. The number of amides is 1. The molecule has 2 aliphatic heterocycles. The van der Waals surface area contributed by atoms with Crippen molar-refractivity contribution in [1.82, 2.24) is 18.5 Å². The number of aromatic nitrogens is 2. The van der Waals surface area contributed by atoms with Crippen molar-refractivity contribution in [3.8, 4) is 0 Å². The largest absolute Gasteiger partial charge is 0.473 e. The summed E-state index contributed by atoms with van der Waals surface area (Å²) in [6.45, 7) is 7.58. The van der Waals surface area contributed by atoms with E-state index in [2.05, 4.69) is 40.6 Å². The zero-order valence-corrected chi connectivity index (χ0v) is 19.4. The van der Waals surface area contributed by atoms with Crippen LogP contribution in [0.3, 0.4) is 0 Å². The molecule has 1 aromatic heterocycles. The second kappa shape index (κ2) is 12.0. The van der Waals surface area contributed by atoms with Crippen LogP contribution in [0.2, 0.25) is 0 Å². The van der Waals surface area contributed by atoms with E-state index in [-0.39, 0.29) is 12.1 Å². The Labute approximate surface area is 189 Å². The Hall–Kier alpha value is -2.18. The zero-order valence-electron chi connectivity index (χ0n) is 17.8. The van der Waals surface area contributed by atoms with Gasteiger partial charge in [-0.1, -0.05) is 19.9 Å². The number of ether oxygens (including phenoxy) is 1. The van der Waals surface area contributed by atoms with Crippen LogP contribution in [0.5, 0.6) is 0 Å². The third-order valence-electron chi connectivity index (χ3n) is 4.85. The normalized spacial score (nSPS) is 19.0. The molecule has 1 atom stereocenters. The summed E-state index contributed by atoms with van der Waals surface area (Å²) in [5, 5.41) is 15.8. The van der Waals surface area contributed by atoms with E-state index >= 15 is 0 Å². The Morgan fingerprint density at radius 3 is 2.65 bits per heavy atom. The summed E-state index contributed by atoms with van der Waals surface area (Å²) in [6, 6.07) is 0.205. The van der Waals surface area contributed by atoms with Gasteiger partial charge in [-0.2, -0.15) is 8.75 Å². The first-order valence-corrected chi connectivity index (χ1v) is 11.6. The minimum absolute atomic E-state index is 0.171. The van der Waals surface area contributed by atoms with Crippen molar-refractivity contribution in [1.29, 1.82) is 0 Å². The highest BCUT2D eigenvalue weighted by Gasteiger charge is 2.34. The molecule has 12 heteroatoms. The van der Waals surface area contributed by atoms with Crippen LogP contribution in [0.4, 0.5) is 4.79 Å². The van der Waals surface area contributed by atoms with Gasteiger partial charge in [-0.25, -0.2) is 14.4 Å². The molecule has 1 aromatic rings. The van der Waals surface area contributed by atoms with Crippen LogP contribution in [0, 0.1) is 5.92 Å². The number of carbonyl (C=O) groups excluding carboxylic acids is 1. The predicted octanol–water partition coefficient (Wildman–Crippen LogP) is 2.37. The minimum Gasteiger partial charge on any atom is -0.473 e. The standard InChI is InChI=1S/C17H26N4O2S2.C2H2O4/c1-12(2)14-11-23-17(22)21(14)8-5-9-24-16-15(18-25-19-16)13-6-4-7-20(3)10-13;3-1(4)2(5)6/h6,12,14H,4-5,7-11H2,1-3H3;(H,3,4)(H,5,6)/t14-;/m1./s1. The van der Waals surface area contributed by atoms with Gasteiger partial charge < -0.3 is 24.7 Å². The molecule has 172 valence electrons. The molecular weight excluding hydrogens is 444 g/mol. The maximum absolute atomic E-state index is 11.9. The first-order valence-electron chi connectivity index (χ1n) is 9.93. The molecule has 3 rings (SSSR count). The second-order valence-electron chi connectivity index (χ2n) is 7.57.